The Morgan fingerprint density at radius 1 is 1.37 bits per heavy atom. The van der Waals surface area contributed by atoms with Crippen LogP contribution in [-0.4, -0.2) is 16.6 Å². The van der Waals surface area contributed by atoms with Gasteiger partial charge < -0.3 is 14.5 Å². The zero-order chi connectivity index (χ0) is 13.2. The fourth-order valence-corrected chi connectivity index (χ4v) is 1.81. The van der Waals surface area contributed by atoms with Crippen LogP contribution in [-0.2, 0) is 0 Å². The van der Waals surface area contributed by atoms with E-state index in [4.69, 9.17) is 14.7 Å². The minimum atomic E-state index is -0.490. The van der Waals surface area contributed by atoms with E-state index < -0.39 is 11.7 Å². The Morgan fingerprint density at radius 2 is 2.16 bits per heavy atom. The fraction of sp³-hybridized carbons (Fsp3) is 0.154. The van der Waals surface area contributed by atoms with Gasteiger partial charge >= 0.3 is 0 Å². The molecule has 19 heavy (non-hydrogen) atoms. The van der Waals surface area contributed by atoms with Crippen molar-refractivity contribution < 1.29 is 9.47 Å². The summed E-state index contributed by atoms with van der Waals surface area (Å²) >= 11 is 0. The Labute approximate surface area is 108 Å². The third kappa shape index (κ3) is 2.02. The molecule has 0 saturated carbocycles. The van der Waals surface area contributed by atoms with Crippen molar-refractivity contribution in [1.82, 2.24) is 9.97 Å². The van der Waals surface area contributed by atoms with Gasteiger partial charge in [0, 0.05) is 0 Å². The van der Waals surface area contributed by atoms with Gasteiger partial charge in [-0.05, 0) is 12.1 Å². The van der Waals surface area contributed by atoms with Gasteiger partial charge in [0.2, 0.25) is 0 Å². The molecule has 1 unspecified atom stereocenters. The second-order valence-electron chi connectivity index (χ2n) is 3.99. The van der Waals surface area contributed by atoms with Crippen LogP contribution in [0.15, 0.2) is 35.3 Å². The van der Waals surface area contributed by atoms with Crippen molar-refractivity contribution in [1.29, 1.82) is 5.26 Å². The standard InChI is InChI=1S/C13H9N3O3/c14-5-8-6-15-12(16-13(8)17)11-7-18-9-3-1-2-4-10(9)19-11/h1-4,6,11H,7H2,(H,15,16,17). The van der Waals surface area contributed by atoms with Crippen LogP contribution >= 0.6 is 0 Å². The summed E-state index contributed by atoms with van der Waals surface area (Å²) in [5, 5.41) is 8.68. The minimum Gasteiger partial charge on any atom is -0.485 e. The zero-order valence-electron chi connectivity index (χ0n) is 9.79. The van der Waals surface area contributed by atoms with Gasteiger partial charge in [0.25, 0.3) is 5.56 Å². The molecule has 1 aliphatic rings. The molecule has 6 heteroatoms. The van der Waals surface area contributed by atoms with Gasteiger partial charge in [-0.1, -0.05) is 12.1 Å². The summed E-state index contributed by atoms with van der Waals surface area (Å²) in [5.74, 6) is 1.61. The number of H-pyrrole nitrogens is 1. The molecule has 3 rings (SSSR count). The van der Waals surface area contributed by atoms with Gasteiger partial charge in [0.05, 0.1) is 6.20 Å². The maximum Gasteiger partial charge on any atom is 0.268 e. The number of para-hydroxylation sites is 2. The average Bonchev–Trinajstić information content (AvgIpc) is 2.46. The molecule has 0 bridgehead atoms. The van der Waals surface area contributed by atoms with Crippen LogP contribution in [0, 0.1) is 11.3 Å². The highest BCUT2D eigenvalue weighted by atomic mass is 16.6. The van der Waals surface area contributed by atoms with Crippen molar-refractivity contribution in [2.45, 2.75) is 6.10 Å². The van der Waals surface area contributed by atoms with E-state index in [0.717, 1.165) is 0 Å². The predicted molar refractivity (Wildman–Crippen MR) is 64.9 cm³/mol. The normalized spacial score (nSPS) is 16.7. The third-order valence-corrected chi connectivity index (χ3v) is 2.75. The minimum absolute atomic E-state index is 0.0270. The molecule has 1 aliphatic heterocycles. The number of aromatic nitrogens is 2. The number of nitrogens with one attached hydrogen (secondary N) is 1. The van der Waals surface area contributed by atoms with Crippen LogP contribution in [0.5, 0.6) is 11.5 Å². The molecule has 94 valence electrons. The number of nitrogens with zero attached hydrogens (tertiary/aromatic N) is 2. The van der Waals surface area contributed by atoms with Crippen molar-refractivity contribution in [3.63, 3.8) is 0 Å². The van der Waals surface area contributed by atoms with E-state index >= 15 is 0 Å². The van der Waals surface area contributed by atoms with Gasteiger partial charge in [-0.3, -0.25) is 4.79 Å². The van der Waals surface area contributed by atoms with Gasteiger partial charge in [0.15, 0.2) is 23.4 Å². The number of rotatable bonds is 1. The Morgan fingerprint density at radius 3 is 2.89 bits per heavy atom. The number of nitriles is 1. The van der Waals surface area contributed by atoms with Crippen molar-refractivity contribution in [3.8, 4) is 17.6 Å². The molecule has 1 atom stereocenters. The summed E-state index contributed by atoms with van der Waals surface area (Å²) in [7, 11) is 0. The first-order chi connectivity index (χ1) is 9.28. The van der Waals surface area contributed by atoms with E-state index in [0.29, 0.717) is 17.3 Å². The van der Waals surface area contributed by atoms with Crippen LogP contribution < -0.4 is 15.0 Å². The molecule has 2 aromatic rings. The second-order valence-corrected chi connectivity index (χ2v) is 3.99. The zero-order valence-corrected chi connectivity index (χ0v) is 9.79. The molecule has 0 aliphatic carbocycles. The average molecular weight is 255 g/mol. The molecule has 1 N–H and O–H groups in total. The maximum atomic E-state index is 11.5. The summed E-state index contributed by atoms with van der Waals surface area (Å²) in [4.78, 5) is 18.1. The molecule has 0 amide bonds. The van der Waals surface area contributed by atoms with Crippen molar-refractivity contribution >= 4 is 0 Å². The first-order valence-corrected chi connectivity index (χ1v) is 5.66. The SMILES string of the molecule is N#Cc1cnc(C2COc3ccccc3O2)[nH]c1=O. The summed E-state index contributed by atoms with van der Waals surface area (Å²) in [5.41, 5.74) is -0.504. The third-order valence-electron chi connectivity index (χ3n) is 2.75. The molecule has 2 heterocycles. The number of hydrogen-bond donors (Lipinski definition) is 1. The van der Waals surface area contributed by atoms with Crippen LogP contribution in [0.25, 0.3) is 0 Å². The van der Waals surface area contributed by atoms with E-state index in [9.17, 15) is 4.79 Å². The van der Waals surface area contributed by atoms with Crippen molar-refractivity contribution in [3.05, 3.63) is 52.2 Å². The quantitative estimate of drug-likeness (QED) is 0.825. The maximum absolute atomic E-state index is 11.5. The number of fused-ring (bicyclic) bond motifs is 1. The Balaban J connectivity index is 1.92. The summed E-state index contributed by atoms with van der Waals surface area (Å²) in [6.45, 7) is 0.256. The van der Waals surface area contributed by atoms with Crippen LogP contribution in [0.2, 0.25) is 0 Å². The lowest BCUT2D eigenvalue weighted by Crippen LogP contribution is -2.26. The Bertz CT molecular complexity index is 718. The second kappa shape index (κ2) is 4.46. The summed E-state index contributed by atoms with van der Waals surface area (Å²) < 4.78 is 11.2. The largest absolute Gasteiger partial charge is 0.485 e. The lowest BCUT2D eigenvalue weighted by molar-refractivity contribution is 0.0848. The Kier molecular flexibility index (Phi) is 2.65. The fourth-order valence-electron chi connectivity index (χ4n) is 1.81. The van der Waals surface area contributed by atoms with E-state index in [1.807, 2.05) is 12.1 Å². The van der Waals surface area contributed by atoms with Crippen LogP contribution in [0.4, 0.5) is 0 Å². The number of ether oxygens (including phenoxy) is 2. The van der Waals surface area contributed by atoms with E-state index in [2.05, 4.69) is 9.97 Å². The molecule has 1 aromatic carbocycles. The highest BCUT2D eigenvalue weighted by Crippen LogP contribution is 2.34. The van der Waals surface area contributed by atoms with Crippen molar-refractivity contribution in [2.24, 2.45) is 0 Å². The molecule has 0 radical (unpaired) electrons. The lowest BCUT2D eigenvalue weighted by Gasteiger charge is -2.25. The number of benzene rings is 1. The molecular formula is C13H9N3O3. The molecule has 0 spiro atoms. The lowest BCUT2D eigenvalue weighted by atomic mass is 10.2. The monoisotopic (exact) mass is 255 g/mol. The van der Waals surface area contributed by atoms with E-state index in [-0.39, 0.29) is 12.2 Å². The first-order valence-electron chi connectivity index (χ1n) is 5.66. The Hall–Kier alpha value is -2.81. The van der Waals surface area contributed by atoms with Gasteiger partial charge in [-0.2, -0.15) is 5.26 Å². The van der Waals surface area contributed by atoms with Gasteiger partial charge in [-0.15, -0.1) is 0 Å². The smallest absolute Gasteiger partial charge is 0.268 e. The van der Waals surface area contributed by atoms with Crippen LogP contribution in [0.1, 0.15) is 17.5 Å². The number of aromatic amines is 1. The number of hydrogen-bond acceptors (Lipinski definition) is 5. The highest BCUT2D eigenvalue weighted by Gasteiger charge is 2.24. The van der Waals surface area contributed by atoms with E-state index in [1.54, 1.807) is 18.2 Å². The highest BCUT2D eigenvalue weighted by molar-refractivity contribution is 5.41. The molecule has 6 nitrogen and oxygen atoms in total. The molecule has 0 fully saturated rings. The van der Waals surface area contributed by atoms with Gasteiger partial charge in [0.1, 0.15) is 18.2 Å². The summed E-state index contributed by atoms with van der Waals surface area (Å²) in [6, 6.07) is 9.03. The van der Waals surface area contributed by atoms with Crippen molar-refractivity contribution in [2.75, 3.05) is 6.61 Å². The molecular weight excluding hydrogens is 246 g/mol. The van der Waals surface area contributed by atoms with Gasteiger partial charge in [-0.25, -0.2) is 4.98 Å². The molecule has 0 saturated heterocycles. The van der Waals surface area contributed by atoms with E-state index in [1.165, 1.54) is 6.20 Å². The predicted octanol–water partition coefficient (Wildman–Crippen LogP) is 1.15. The topological polar surface area (TPSA) is 88.0 Å². The molecule has 1 aromatic heterocycles. The van der Waals surface area contributed by atoms with Crippen LogP contribution in [0.3, 0.4) is 0 Å². The first kappa shape index (κ1) is 11.3. The summed E-state index contributed by atoms with van der Waals surface area (Å²) in [6.07, 6.45) is 0.744.